The van der Waals surface area contributed by atoms with Gasteiger partial charge in [-0.25, -0.2) is 4.39 Å². The molecule has 8 heteroatoms. The van der Waals surface area contributed by atoms with E-state index in [0.29, 0.717) is 35.7 Å². The molecule has 0 aliphatic carbocycles. The number of benzene rings is 1. The number of methoxy groups -OCH3 is 1. The van der Waals surface area contributed by atoms with Gasteiger partial charge in [-0.2, -0.15) is 0 Å². The van der Waals surface area contributed by atoms with E-state index in [4.69, 9.17) is 16.2 Å². The number of ether oxygens (including phenoxy) is 1. The number of rotatable bonds is 6. The van der Waals surface area contributed by atoms with Crippen LogP contribution in [-0.4, -0.2) is 28.2 Å². The van der Waals surface area contributed by atoms with E-state index in [1.165, 1.54) is 12.1 Å². The van der Waals surface area contributed by atoms with Crippen LogP contribution in [-0.2, 0) is 12.8 Å². The van der Waals surface area contributed by atoms with Gasteiger partial charge in [0.25, 0.3) is 5.91 Å². The molecule has 2 heterocycles. The summed E-state index contributed by atoms with van der Waals surface area (Å²) in [4.78, 5) is 15.4. The van der Waals surface area contributed by atoms with Gasteiger partial charge in [0.2, 0.25) is 0 Å². The molecule has 0 aliphatic rings. The van der Waals surface area contributed by atoms with E-state index >= 15 is 0 Å². The van der Waals surface area contributed by atoms with Gasteiger partial charge in [0.05, 0.1) is 12.8 Å². The van der Waals surface area contributed by atoms with Crippen molar-refractivity contribution in [3.8, 4) is 5.75 Å². The van der Waals surface area contributed by atoms with Gasteiger partial charge in [0.15, 0.2) is 5.69 Å². The number of carbonyl (C=O) groups excluding carboxylic acids is 1. The number of hydrogen-bond donors (Lipinski definition) is 2. The van der Waals surface area contributed by atoms with Crippen molar-refractivity contribution >= 4 is 22.5 Å². The highest BCUT2D eigenvalue weighted by Crippen LogP contribution is 2.27. The standard InChI is InChI=1S/C18H18FN5O2/c1-26-14-7-8-22-9-10(14)3-2-4-11-13(19)6-5-12-15(20)17(18(21)25)24-23-16(11)12/h5-9H,2-4H2,1H3,(H2,20,23)(H2,21,25). The van der Waals surface area contributed by atoms with E-state index in [-0.39, 0.29) is 11.4 Å². The van der Waals surface area contributed by atoms with Crippen molar-refractivity contribution in [1.29, 1.82) is 0 Å². The highest BCUT2D eigenvalue weighted by atomic mass is 19.1. The molecule has 1 amide bonds. The smallest absolute Gasteiger partial charge is 0.271 e. The summed E-state index contributed by atoms with van der Waals surface area (Å²) in [6, 6.07) is 4.57. The van der Waals surface area contributed by atoms with E-state index in [9.17, 15) is 9.18 Å². The molecule has 134 valence electrons. The predicted octanol–water partition coefficient (Wildman–Crippen LogP) is 2.03. The molecular weight excluding hydrogens is 337 g/mol. The van der Waals surface area contributed by atoms with Crippen molar-refractivity contribution in [2.24, 2.45) is 5.73 Å². The van der Waals surface area contributed by atoms with Gasteiger partial charge in [0, 0.05) is 28.9 Å². The first-order chi connectivity index (χ1) is 12.5. The topological polar surface area (TPSA) is 117 Å². The number of amides is 1. The average molecular weight is 355 g/mol. The Morgan fingerprint density at radius 1 is 1.23 bits per heavy atom. The zero-order valence-electron chi connectivity index (χ0n) is 14.2. The van der Waals surface area contributed by atoms with Gasteiger partial charge in [-0.05, 0) is 37.5 Å². The molecule has 0 radical (unpaired) electrons. The zero-order chi connectivity index (χ0) is 18.7. The van der Waals surface area contributed by atoms with Crippen molar-refractivity contribution in [2.45, 2.75) is 19.3 Å². The fourth-order valence-corrected chi connectivity index (χ4v) is 2.90. The van der Waals surface area contributed by atoms with Gasteiger partial charge in [-0.1, -0.05) is 0 Å². The van der Waals surface area contributed by atoms with Gasteiger partial charge in [0.1, 0.15) is 17.1 Å². The van der Waals surface area contributed by atoms with Crippen molar-refractivity contribution in [2.75, 3.05) is 12.8 Å². The fraction of sp³-hybridized carbons (Fsp3) is 0.222. The quantitative estimate of drug-likeness (QED) is 0.699. The van der Waals surface area contributed by atoms with Crippen LogP contribution in [0.3, 0.4) is 0 Å². The molecule has 0 saturated heterocycles. The van der Waals surface area contributed by atoms with E-state index in [1.54, 1.807) is 25.6 Å². The minimum absolute atomic E-state index is 0.109. The SMILES string of the molecule is COc1ccncc1CCCc1c(F)ccc2c(N)c(C(N)=O)nnc12. The summed E-state index contributed by atoms with van der Waals surface area (Å²) in [5.41, 5.74) is 12.9. The van der Waals surface area contributed by atoms with Gasteiger partial charge >= 0.3 is 0 Å². The lowest BCUT2D eigenvalue weighted by atomic mass is 10.0. The molecule has 0 bridgehead atoms. The molecule has 0 atom stereocenters. The third-order valence-electron chi connectivity index (χ3n) is 4.21. The Bertz CT molecular complexity index is 977. The molecule has 3 aromatic rings. The molecule has 0 fully saturated rings. The van der Waals surface area contributed by atoms with Crippen molar-refractivity contribution in [3.05, 3.63) is 53.2 Å². The summed E-state index contributed by atoms with van der Waals surface area (Å²) in [5.74, 6) is -0.420. The largest absolute Gasteiger partial charge is 0.496 e. The summed E-state index contributed by atoms with van der Waals surface area (Å²) in [6.07, 6.45) is 5.12. The summed E-state index contributed by atoms with van der Waals surface area (Å²) >= 11 is 0. The van der Waals surface area contributed by atoms with Crippen LogP contribution in [0.15, 0.2) is 30.6 Å². The van der Waals surface area contributed by atoms with Crippen LogP contribution in [0.1, 0.15) is 28.0 Å². The van der Waals surface area contributed by atoms with Crippen LogP contribution in [0.2, 0.25) is 0 Å². The number of aryl methyl sites for hydroxylation is 2. The maximum absolute atomic E-state index is 14.3. The molecule has 2 aromatic heterocycles. The van der Waals surface area contributed by atoms with Crippen molar-refractivity contribution in [1.82, 2.24) is 15.2 Å². The van der Waals surface area contributed by atoms with Gasteiger partial charge < -0.3 is 16.2 Å². The Balaban J connectivity index is 1.89. The maximum Gasteiger partial charge on any atom is 0.271 e. The molecule has 7 nitrogen and oxygen atoms in total. The van der Waals surface area contributed by atoms with E-state index in [0.717, 1.165) is 11.3 Å². The fourth-order valence-electron chi connectivity index (χ4n) is 2.90. The predicted molar refractivity (Wildman–Crippen MR) is 95.2 cm³/mol. The van der Waals surface area contributed by atoms with Gasteiger partial charge in [-0.15, -0.1) is 10.2 Å². The molecule has 0 unspecified atom stereocenters. The van der Waals surface area contributed by atoms with E-state index < -0.39 is 11.7 Å². The first-order valence-corrected chi connectivity index (χ1v) is 8.02. The first-order valence-electron chi connectivity index (χ1n) is 8.02. The van der Waals surface area contributed by atoms with Gasteiger partial charge in [-0.3, -0.25) is 9.78 Å². The number of aromatic nitrogens is 3. The number of hydrogen-bond acceptors (Lipinski definition) is 6. The number of anilines is 1. The number of primary amides is 1. The van der Waals surface area contributed by atoms with Crippen LogP contribution in [0.4, 0.5) is 10.1 Å². The van der Waals surface area contributed by atoms with Crippen molar-refractivity contribution < 1.29 is 13.9 Å². The van der Waals surface area contributed by atoms with Crippen LogP contribution >= 0.6 is 0 Å². The summed E-state index contributed by atoms with van der Waals surface area (Å²) in [5, 5.41) is 8.19. The number of fused-ring (bicyclic) bond motifs is 1. The van der Waals surface area contributed by atoms with Crippen LogP contribution in [0, 0.1) is 5.82 Å². The molecule has 0 aliphatic heterocycles. The minimum Gasteiger partial charge on any atom is -0.496 e. The zero-order valence-corrected chi connectivity index (χ0v) is 14.2. The lowest BCUT2D eigenvalue weighted by Gasteiger charge is -2.11. The number of carbonyl (C=O) groups is 1. The Hall–Kier alpha value is -3.29. The van der Waals surface area contributed by atoms with Crippen LogP contribution in [0.25, 0.3) is 10.9 Å². The Morgan fingerprint density at radius 2 is 2.04 bits per heavy atom. The first kappa shape index (κ1) is 17.5. The Kier molecular flexibility index (Phi) is 4.92. The van der Waals surface area contributed by atoms with Crippen LogP contribution < -0.4 is 16.2 Å². The van der Waals surface area contributed by atoms with Crippen LogP contribution in [0.5, 0.6) is 5.75 Å². The summed E-state index contributed by atoms with van der Waals surface area (Å²) in [7, 11) is 1.60. The lowest BCUT2D eigenvalue weighted by Crippen LogP contribution is -2.17. The molecule has 3 rings (SSSR count). The summed E-state index contributed by atoms with van der Waals surface area (Å²) in [6.45, 7) is 0. The van der Waals surface area contributed by atoms with Crippen molar-refractivity contribution in [3.63, 3.8) is 0 Å². The number of nitrogens with zero attached hydrogens (tertiary/aromatic N) is 3. The third-order valence-corrected chi connectivity index (χ3v) is 4.21. The molecule has 1 aromatic carbocycles. The highest BCUT2D eigenvalue weighted by molar-refractivity contribution is 6.04. The second-order valence-corrected chi connectivity index (χ2v) is 5.79. The molecule has 4 N–H and O–H groups in total. The highest BCUT2D eigenvalue weighted by Gasteiger charge is 2.17. The second kappa shape index (κ2) is 7.30. The lowest BCUT2D eigenvalue weighted by molar-refractivity contribution is 0.0996. The number of pyridine rings is 1. The Labute approximate surface area is 149 Å². The molecule has 26 heavy (non-hydrogen) atoms. The molecule has 0 spiro atoms. The number of nitrogens with two attached hydrogens (primary N) is 2. The minimum atomic E-state index is -0.772. The summed E-state index contributed by atoms with van der Waals surface area (Å²) < 4.78 is 19.6. The number of nitrogen functional groups attached to an aromatic ring is 1. The normalized spacial score (nSPS) is 10.8. The third kappa shape index (κ3) is 3.26. The molecular formula is C18H18FN5O2. The maximum atomic E-state index is 14.3. The molecule has 0 saturated carbocycles. The van der Waals surface area contributed by atoms with E-state index in [2.05, 4.69) is 15.2 Å². The monoisotopic (exact) mass is 355 g/mol. The van der Waals surface area contributed by atoms with E-state index in [1.807, 2.05) is 0 Å². The second-order valence-electron chi connectivity index (χ2n) is 5.79. The number of halogens is 1. The average Bonchev–Trinajstić information content (AvgIpc) is 2.63. The Morgan fingerprint density at radius 3 is 2.77 bits per heavy atom.